The summed E-state index contributed by atoms with van der Waals surface area (Å²) in [7, 11) is -0.520. The first-order valence-corrected chi connectivity index (χ1v) is 20.8. The predicted molar refractivity (Wildman–Crippen MR) is 208 cm³/mol. The van der Waals surface area contributed by atoms with Gasteiger partial charge in [-0.2, -0.15) is 9.97 Å². The predicted octanol–water partition coefficient (Wildman–Crippen LogP) is 8.85. The fraction of sp³-hybridized carbons (Fsp3) is 0.500. The van der Waals surface area contributed by atoms with E-state index < -0.39 is 24.9 Å². The van der Waals surface area contributed by atoms with Crippen LogP contribution < -0.4 is 14.4 Å². The number of hydrogen-bond acceptors (Lipinski definition) is 8. The largest absolute Gasteiger partial charge is 0.468 e. The number of aliphatic hydroxyl groups is 1. The molecule has 2 heterocycles. The number of nitrogens with zero attached hydrogens (tertiary/aromatic N) is 3. The highest BCUT2D eigenvalue weighted by atomic mass is 28.3. The maximum Gasteiger partial charge on any atom is 0.319 e. The van der Waals surface area contributed by atoms with E-state index in [0.717, 1.165) is 41.9 Å². The topological polar surface area (TPSA) is 94.0 Å². The van der Waals surface area contributed by atoms with Gasteiger partial charge in [-0.25, -0.2) is 4.39 Å². The van der Waals surface area contributed by atoms with Crippen molar-refractivity contribution in [1.29, 1.82) is 0 Å². The Hall–Kier alpha value is -4.04. The lowest BCUT2D eigenvalue weighted by Gasteiger charge is -2.38. The molecule has 0 spiro atoms. The molecule has 0 radical (unpaired) electrons. The van der Waals surface area contributed by atoms with Crippen LogP contribution in [0.5, 0.6) is 11.8 Å². The second-order valence-corrected chi connectivity index (χ2v) is 21.6. The van der Waals surface area contributed by atoms with Crippen molar-refractivity contribution in [2.24, 2.45) is 5.41 Å². The third kappa shape index (κ3) is 7.28. The summed E-state index contributed by atoms with van der Waals surface area (Å²) in [4.78, 5) is 23.1. The van der Waals surface area contributed by atoms with Crippen LogP contribution in [-0.2, 0) is 9.53 Å². The highest BCUT2D eigenvalue weighted by molar-refractivity contribution is 6.90. The Kier molecular flexibility index (Phi) is 10.7. The molecule has 4 aromatic rings. The number of rotatable bonds is 12. The Bertz CT molecular complexity index is 2010. The molecule has 1 aliphatic carbocycles. The highest BCUT2D eigenvalue weighted by Gasteiger charge is 2.44. The minimum Gasteiger partial charge on any atom is -0.468 e. The molecule has 52 heavy (non-hydrogen) atoms. The number of anilines is 1. The number of methoxy groups -OCH3 is 1. The summed E-state index contributed by atoms with van der Waals surface area (Å²) >= 11 is 0. The van der Waals surface area contributed by atoms with Gasteiger partial charge in [0.15, 0.2) is 12.6 Å². The van der Waals surface area contributed by atoms with Crippen LogP contribution in [0.4, 0.5) is 10.2 Å². The number of piperidine rings is 1. The summed E-state index contributed by atoms with van der Waals surface area (Å²) in [6.07, 6.45) is 3.81. The van der Waals surface area contributed by atoms with E-state index in [1.807, 2.05) is 41.3 Å². The first kappa shape index (κ1) is 37.7. The first-order chi connectivity index (χ1) is 24.7. The number of halogens is 1. The molecule has 1 aromatic heterocycles. The standard InChI is InChI=1S/C42H52FN3O5Si/c1-27(2)52(28(3)4,29(5)6)20-15-30-11-9-12-31-21-32(51-26-49-8)22-35(36(30)31)33-13-14-34-38(37(33)43)44-40(50-25-42(24-47)17-18-42)45-39(34)46-19-10-16-41(7,48)23-46/h9,11-14,21-22,24,27-29,48H,10,16-19,23,25-26H2,1-8H3/t41-/m1/s1. The van der Waals surface area contributed by atoms with Crippen LogP contribution >= 0.6 is 0 Å². The van der Waals surface area contributed by atoms with E-state index in [9.17, 15) is 9.90 Å². The lowest BCUT2D eigenvalue weighted by Crippen LogP contribution is -2.46. The van der Waals surface area contributed by atoms with Gasteiger partial charge in [-0.15, -0.1) is 5.54 Å². The van der Waals surface area contributed by atoms with Crippen molar-refractivity contribution in [2.45, 2.75) is 96.4 Å². The van der Waals surface area contributed by atoms with Crippen molar-refractivity contribution >= 4 is 41.9 Å². The van der Waals surface area contributed by atoms with Crippen molar-refractivity contribution in [3.05, 3.63) is 53.8 Å². The average Bonchev–Trinajstić information content (AvgIpc) is 3.89. The monoisotopic (exact) mass is 725 g/mol. The van der Waals surface area contributed by atoms with E-state index in [0.29, 0.717) is 64.2 Å². The highest BCUT2D eigenvalue weighted by Crippen LogP contribution is 2.45. The van der Waals surface area contributed by atoms with Crippen LogP contribution in [0.3, 0.4) is 0 Å². The van der Waals surface area contributed by atoms with Crippen LogP contribution in [0.1, 0.15) is 79.7 Å². The van der Waals surface area contributed by atoms with Gasteiger partial charge in [0, 0.05) is 42.1 Å². The lowest BCUT2D eigenvalue weighted by molar-refractivity contribution is -0.113. The SMILES string of the molecule is COCOc1cc(-c2ccc3c(N4CCC[C@@](C)(O)C4)nc(OCC4(C=O)CC4)nc3c2F)c2c(C#C[Si](C(C)C)(C(C)C)C(C)C)cccc2c1. The van der Waals surface area contributed by atoms with E-state index in [2.05, 4.69) is 58.0 Å². The number of ether oxygens (including phenoxy) is 3. The van der Waals surface area contributed by atoms with Gasteiger partial charge >= 0.3 is 6.01 Å². The normalized spacial score (nSPS) is 18.6. The smallest absolute Gasteiger partial charge is 0.319 e. The number of aromatic nitrogens is 2. The van der Waals surface area contributed by atoms with Crippen molar-refractivity contribution in [3.8, 4) is 34.4 Å². The quantitative estimate of drug-likeness (QED) is 0.0671. The van der Waals surface area contributed by atoms with E-state index in [4.69, 9.17) is 19.2 Å². The van der Waals surface area contributed by atoms with Crippen molar-refractivity contribution in [3.63, 3.8) is 0 Å². The molecule has 1 aliphatic heterocycles. The fourth-order valence-electron chi connectivity index (χ4n) is 8.24. The summed E-state index contributed by atoms with van der Waals surface area (Å²) in [5.74, 6) is 4.13. The summed E-state index contributed by atoms with van der Waals surface area (Å²) in [5.41, 5.74) is 5.65. The Morgan fingerprint density at radius 1 is 1.00 bits per heavy atom. The molecule has 276 valence electrons. The number of hydrogen-bond donors (Lipinski definition) is 1. The molecule has 2 aliphatic rings. The van der Waals surface area contributed by atoms with E-state index in [-0.39, 0.29) is 24.9 Å². The molecule has 2 fully saturated rings. The van der Waals surface area contributed by atoms with Crippen LogP contribution in [0.25, 0.3) is 32.8 Å². The summed E-state index contributed by atoms with van der Waals surface area (Å²) in [6, 6.07) is 13.4. The second-order valence-electron chi connectivity index (χ2n) is 16.0. The Labute approximate surface area is 308 Å². The number of benzene rings is 3. The number of carbonyl (C=O) groups excluding carboxylic acids is 1. The van der Waals surface area contributed by atoms with Crippen LogP contribution in [0.2, 0.25) is 16.6 Å². The zero-order valence-corrected chi connectivity index (χ0v) is 32.8. The van der Waals surface area contributed by atoms with E-state index in [1.165, 1.54) is 0 Å². The van der Waals surface area contributed by atoms with Crippen LogP contribution in [0, 0.1) is 22.7 Å². The molecule has 0 unspecified atom stereocenters. The van der Waals surface area contributed by atoms with Crippen molar-refractivity contribution < 1.29 is 28.5 Å². The summed E-state index contributed by atoms with van der Waals surface area (Å²) in [6.45, 7) is 16.7. The van der Waals surface area contributed by atoms with Gasteiger partial charge in [-0.05, 0) is 84.4 Å². The molecule has 1 saturated carbocycles. The minimum atomic E-state index is -2.08. The van der Waals surface area contributed by atoms with Gasteiger partial charge in [-0.3, -0.25) is 0 Å². The molecular formula is C42H52FN3O5Si. The number of fused-ring (bicyclic) bond motifs is 2. The van der Waals surface area contributed by atoms with Gasteiger partial charge in [-0.1, -0.05) is 65.7 Å². The van der Waals surface area contributed by atoms with Gasteiger partial charge in [0.25, 0.3) is 0 Å². The fourth-order valence-corrected chi connectivity index (χ4v) is 13.5. The third-order valence-corrected chi connectivity index (χ3v) is 17.5. The first-order valence-electron chi connectivity index (χ1n) is 18.5. The molecule has 6 rings (SSSR count). The lowest BCUT2D eigenvalue weighted by atomic mass is 9.93. The van der Waals surface area contributed by atoms with Crippen LogP contribution in [0.15, 0.2) is 42.5 Å². The summed E-state index contributed by atoms with van der Waals surface area (Å²) < 4.78 is 34.6. The Balaban J connectivity index is 1.58. The molecule has 1 atom stereocenters. The number of aldehydes is 1. The molecular weight excluding hydrogens is 674 g/mol. The van der Waals surface area contributed by atoms with Gasteiger partial charge in [0.1, 0.15) is 38.1 Å². The summed E-state index contributed by atoms with van der Waals surface area (Å²) in [5, 5.41) is 13.2. The van der Waals surface area contributed by atoms with Crippen molar-refractivity contribution in [1.82, 2.24) is 9.97 Å². The molecule has 1 saturated heterocycles. The molecule has 0 amide bonds. The molecule has 8 nitrogen and oxygen atoms in total. The number of β-amino-alcohol motifs (C(OH)–C–C–N with tert-alkyl or cyclic N) is 1. The second kappa shape index (κ2) is 14.8. The van der Waals surface area contributed by atoms with Gasteiger partial charge in [0.05, 0.1) is 11.0 Å². The zero-order valence-electron chi connectivity index (χ0n) is 31.8. The third-order valence-electron chi connectivity index (χ3n) is 11.2. The Morgan fingerprint density at radius 2 is 1.73 bits per heavy atom. The Morgan fingerprint density at radius 3 is 2.37 bits per heavy atom. The van der Waals surface area contributed by atoms with Gasteiger partial charge < -0.3 is 29.0 Å². The van der Waals surface area contributed by atoms with Gasteiger partial charge in [0.2, 0.25) is 0 Å². The maximum atomic E-state index is 17.4. The van der Waals surface area contributed by atoms with E-state index in [1.54, 1.807) is 20.1 Å². The molecule has 3 aromatic carbocycles. The maximum absolute atomic E-state index is 17.4. The molecule has 10 heteroatoms. The molecule has 1 N–H and O–H groups in total. The van der Waals surface area contributed by atoms with Crippen molar-refractivity contribution in [2.75, 3.05) is 38.5 Å². The zero-order chi connectivity index (χ0) is 37.4. The number of carbonyl (C=O) groups is 1. The van der Waals surface area contributed by atoms with Crippen LogP contribution in [-0.4, -0.2) is 68.6 Å². The minimum absolute atomic E-state index is 0.00263. The average molecular weight is 726 g/mol. The molecule has 0 bridgehead atoms. The van der Waals surface area contributed by atoms with E-state index >= 15 is 4.39 Å².